The Labute approximate surface area is 107 Å². The van der Waals surface area contributed by atoms with E-state index in [0.29, 0.717) is 11.6 Å². The average Bonchev–Trinajstić information content (AvgIpc) is 2.77. The van der Waals surface area contributed by atoms with Gasteiger partial charge in [-0.2, -0.15) is 5.10 Å². The predicted octanol–water partition coefficient (Wildman–Crippen LogP) is 1.83. The minimum atomic E-state index is -0.481. The molecule has 0 saturated carbocycles. The molecule has 1 aliphatic heterocycles. The van der Waals surface area contributed by atoms with Crippen LogP contribution in [0.2, 0.25) is 0 Å². The number of ether oxygens (including phenoxy) is 1. The Morgan fingerprint density at radius 3 is 2.67 bits per heavy atom. The Balaban J connectivity index is 2.03. The Kier molecular flexibility index (Phi) is 3.71. The van der Waals surface area contributed by atoms with Gasteiger partial charge in [0.05, 0.1) is 0 Å². The van der Waals surface area contributed by atoms with E-state index in [1.165, 1.54) is 0 Å². The fraction of sp³-hybridized carbons (Fsp3) is 0.692. The molecule has 0 unspecified atom stereocenters. The Morgan fingerprint density at radius 2 is 2.06 bits per heavy atom. The van der Waals surface area contributed by atoms with Crippen LogP contribution in [0.3, 0.4) is 0 Å². The zero-order valence-corrected chi connectivity index (χ0v) is 11.2. The van der Waals surface area contributed by atoms with E-state index in [0.717, 1.165) is 31.6 Å². The Hall–Kier alpha value is -1.36. The Bertz CT molecular complexity index is 414. The van der Waals surface area contributed by atoms with Crippen molar-refractivity contribution in [2.75, 3.05) is 13.1 Å². The molecule has 100 valence electrons. The molecule has 5 heteroatoms. The van der Waals surface area contributed by atoms with E-state index in [4.69, 9.17) is 4.74 Å². The first-order valence-corrected chi connectivity index (χ1v) is 6.45. The third kappa shape index (κ3) is 3.32. The second-order valence-corrected chi connectivity index (χ2v) is 5.73. The summed E-state index contributed by atoms with van der Waals surface area (Å²) < 4.78 is 5.29. The predicted molar refractivity (Wildman–Crippen MR) is 68.6 cm³/mol. The molecular formula is C13H21N3O2. The normalized spacial score (nSPS) is 17.7. The van der Waals surface area contributed by atoms with Crippen LogP contribution in [0.15, 0.2) is 6.07 Å². The van der Waals surface area contributed by atoms with Gasteiger partial charge in [0.15, 0.2) is 5.69 Å². The highest BCUT2D eigenvalue weighted by atomic mass is 16.6. The van der Waals surface area contributed by atoms with Gasteiger partial charge in [0, 0.05) is 11.6 Å². The lowest BCUT2D eigenvalue weighted by molar-refractivity contribution is 0.00628. The molecule has 1 saturated heterocycles. The van der Waals surface area contributed by atoms with Gasteiger partial charge in [0.1, 0.15) is 5.60 Å². The van der Waals surface area contributed by atoms with Crippen LogP contribution in [0.25, 0.3) is 0 Å². The Morgan fingerprint density at radius 1 is 1.39 bits per heavy atom. The minimum absolute atomic E-state index is 0.362. The molecule has 2 heterocycles. The van der Waals surface area contributed by atoms with E-state index < -0.39 is 5.60 Å². The third-order valence-electron chi connectivity index (χ3n) is 2.98. The first-order chi connectivity index (χ1) is 8.46. The van der Waals surface area contributed by atoms with Crippen LogP contribution in [0, 0.1) is 0 Å². The molecule has 1 aromatic heterocycles. The van der Waals surface area contributed by atoms with Gasteiger partial charge in [-0.25, -0.2) is 4.79 Å². The van der Waals surface area contributed by atoms with Gasteiger partial charge in [-0.15, -0.1) is 0 Å². The van der Waals surface area contributed by atoms with Crippen molar-refractivity contribution in [2.45, 2.75) is 45.1 Å². The molecule has 0 spiro atoms. The van der Waals surface area contributed by atoms with Crippen LogP contribution >= 0.6 is 0 Å². The average molecular weight is 251 g/mol. The summed E-state index contributed by atoms with van der Waals surface area (Å²) in [5.41, 5.74) is 0.932. The SMILES string of the molecule is CC(C)(C)OC(=O)c1cc(C2CCNCC2)[nH]n1. The number of hydrogen-bond donors (Lipinski definition) is 2. The first-order valence-electron chi connectivity index (χ1n) is 6.45. The number of piperidine rings is 1. The highest BCUT2D eigenvalue weighted by Crippen LogP contribution is 2.24. The van der Waals surface area contributed by atoms with Crippen molar-refractivity contribution in [1.29, 1.82) is 0 Å². The molecule has 0 aromatic carbocycles. The molecule has 0 bridgehead atoms. The van der Waals surface area contributed by atoms with E-state index in [1.54, 1.807) is 0 Å². The first kappa shape index (κ1) is 13.1. The fourth-order valence-electron chi connectivity index (χ4n) is 2.11. The lowest BCUT2D eigenvalue weighted by Gasteiger charge is -2.21. The summed E-state index contributed by atoms with van der Waals surface area (Å²) in [6.07, 6.45) is 2.16. The van der Waals surface area contributed by atoms with Crippen molar-refractivity contribution in [2.24, 2.45) is 0 Å². The van der Waals surface area contributed by atoms with Gasteiger partial charge in [-0.05, 0) is 52.8 Å². The van der Waals surface area contributed by atoms with Crippen LogP contribution in [-0.4, -0.2) is 34.9 Å². The van der Waals surface area contributed by atoms with Crippen molar-refractivity contribution in [3.63, 3.8) is 0 Å². The van der Waals surface area contributed by atoms with Gasteiger partial charge < -0.3 is 10.1 Å². The van der Waals surface area contributed by atoms with Crippen molar-refractivity contribution in [3.05, 3.63) is 17.5 Å². The summed E-state index contributed by atoms with van der Waals surface area (Å²) in [6.45, 7) is 7.60. The highest BCUT2D eigenvalue weighted by Gasteiger charge is 2.23. The highest BCUT2D eigenvalue weighted by molar-refractivity contribution is 5.87. The zero-order valence-electron chi connectivity index (χ0n) is 11.2. The van der Waals surface area contributed by atoms with Crippen LogP contribution < -0.4 is 5.32 Å². The maximum absolute atomic E-state index is 11.8. The lowest BCUT2D eigenvalue weighted by atomic mass is 9.95. The number of hydrogen-bond acceptors (Lipinski definition) is 4. The number of carbonyl (C=O) groups excluding carboxylic acids is 1. The topological polar surface area (TPSA) is 67.0 Å². The number of H-pyrrole nitrogens is 1. The van der Waals surface area contributed by atoms with Crippen LogP contribution in [0.5, 0.6) is 0 Å². The van der Waals surface area contributed by atoms with Crippen LogP contribution in [0.4, 0.5) is 0 Å². The van der Waals surface area contributed by atoms with E-state index in [9.17, 15) is 4.79 Å². The molecule has 0 aliphatic carbocycles. The number of aromatic nitrogens is 2. The molecule has 2 N–H and O–H groups in total. The van der Waals surface area contributed by atoms with Gasteiger partial charge >= 0.3 is 5.97 Å². The maximum atomic E-state index is 11.8. The summed E-state index contributed by atoms with van der Waals surface area (Å²) in [4.78, 5) is 11.8. The fourth-order valence-corrected chi connectivity index (χ4v) is 2.11. The second kappa shape index (κ2) is 5.10. The molecule has 2 rings (SSSR count). The summed E-state index contributed by atoms with van der Waals surface area (Å²) in [6, 6.07) is 1.82. The third-order valence-corrected chi connectivity index (χ3v) is 2.98. The molecule has 18 heavy (non-hydrogen) atoms. The van der Waals surface area contributed by atoms with Crippen molar-refractivity contribution in [1.82, 2.24) is 15.5 Å². The molecule has 0 atom stereocenters. The summed E-state index contributed by atoms with van der Waals surface area (Å²) in [7, 11) is 0. The number of rotatable bonds is 2. The summed E-state index contributed by atoms with van der Waals surface area (Å²) >= 11 is 0. The second-order valence-electron chi connectivity index (χ2n) is 5.73. The van der Waals surface area contributed by atoms with Crippen LogP contribution in [-0.2, 0) is 4.74 Å². The molecule has 5 nitrogen and oxygen atoms in total. The smallest absolute Gasteiger partial charge is 0.359 e. The van der Waals surface area contributed by atoms with Crippen LogP contribution in [0.1, 0.15) is 55.7 Å². The van der Waals surface area contributed by atoms with Crippen molar-refractivity contribution < 1.29 is 9.53 Å². The van der Waals surface area contributed by atoms with E-state index in [1.807, 2.05) is 26.8 Å². The van der Waals surface area contributed by atoms with Crippen molar-refractivity contribution >= 4 is 5.97 Å². The molecule has 1 aliphatic rings. The largest absolute Gasteiger partial charge is 0.455 e. The molecule has 1 fully saturated rings. The van der Waals surface area contributed by atoms with E-state index >= 15 is 0 Å². The van der Waals surface area contributed by atoms with Crippen molar-refractivity contribution in [3.8, 4) is 0 Å². The van der Waals surface area contributed by atoms with E-state index in [-0.39, 0.29) is 5.97 Å². The maximum Gasteiger partial charge on any atom is 0.359 e. The van der Waals surface area contributed by atoms with Gasteiger partial charge in [-0.3, -0.25) is 5.10 Å². The lowest BCUT2D eigenvalue weighted by Crippen LogP contribution is -2.26. The minimum Gasteiger partial charge on any atom is -0.455 e. The standard InChI is InChI=1S/C13H21N3O2/c1-13(2,3)18-12(17)11-8-10(15-16-11)9-4-6-14-7-5-9/h8-9,14H,4-7H2,1-3H3,(H,15,16). The number of aromatic amines is 1. The molecule has 0 radical (unpaired) electrons. The summed E-state index contributed by atoms with van der Waals surface area (Å²) in [5, 5.41) is 10.3. The molecule has 0 amide bonds. The zero-order chi connectivity index (χ0) is 13.2. The number of nitrogens with one attached hydrogen (secondary N) is 2. The monoisotopic (exact) mass is 251 g/mol. The van der Waals surface area contributed by atoms with E-state index in [2.05, 4.69) is 15.5 Å². The summed E-state index contributed by atoms with van der Waals surface area (Å²) in [5.74, 6) is 0.105. The number of carbonyl (C=O) groups is 1. The molecule has 1 aromatic rings. The van der Waals surface area contributed by atoms with Gasteiger partial charge in [0.2, 0.25) is 0 Å². The quantitative estimate of drug-likeness (QED) is 0.787. The molecular weight excluding hydrogens is 230 g/mol. The van der Waals surface area contributed by atoms with Gasteiger partial charge in [-0.1, -0.05) is 0 Å². The number of esters is 1. The number of nitrogens with zero attached hydrogens (tertiary/aromatic N) is 1. The van der Waals surface area contributed by atoms with Gasteiger partial charge in [0.25, 0.3) is 0 Å².